The minimum absolute atomic E-state index is 0.206. The topological polar surface area (TPSA) is 62.3 Å². The highest BCUT2D eigenvalue weighted by Gasteiger charge is 2.11. The maximum atomic E-state index is 10.9. The Bertz CT molecular complexity index is 542. The summed E-state index contributed by atoms with van der Waals surface area (Å²) in [7, 11) is 1.60. The summed E-state index contributed by atoms with van der Waals surface area (Å²) in [6.45, 7) is 2.03. The summed E-state index contributed by atoms with van der Waals surface area (Å²) in [6.07, 6.45) is 0.838. The Morgan fingerprint density at radius 3 is 2.75 bits per heavy atom. The third-order valence-electron chi connectivity index (χ3n) is 2.64. The van der Waals surface area contributed by atoms with Crippen LogP contribution in [0.1, 0.15) is 23.0 Å². The Balaban J connectivity index is 2.69. The number of hydrogen-bond acceptors (Lipinski definition) is 2. The second kappa shape index (κ2) is 3.89. The number of methoxy groups -OCH3 is 1. The van der Waals surface area contributed by atoms with Gasteiger partial charge in [-0.2, -0.15) is 0 Å². The molecule has 0 atom stereocenters. The van der Waals surface area contributed by atoms with Crippen LogP contribution in [-0.4, -0.2) is 23.2 Å². The van der Waals surface area contributed by atoms with Gasteiger partial charge in [-0.1, -0.05) is 6.92 Å². The number of aromatic amines is 1. The van der Waals surface area contributed by atoms with E-state index in [1.165, 1.54) is 0 Å². The van der Waals surface area contributed by atoms with Gasteiger partial charge in [0.15, 0.2) is 0 Å². The number of nitrogens with one attached hydrogen (secondary N) is 1. The Morgan fingerprint density at radius 1 is 1.44 bits per heavy atom. The maximum Gasteiger partial charge on any atom is 0.352 e. The van der Waals surface area contributed by atoms with Crippen molar-refractivity contribution in [1.29, 1.82) is 0 Å². The highest BCUT2D eigenvalue weighted by molar-refractivity contribution is 5.95. The molecule has 4 heteroatoms. The number of aromatic nitrogens is 1. The van der Waals surface area contributed by atoms with Crippen molar-refractivity contribution >= 4 is 16.9 Å². The van der Waals surface area contributed by atoms with Crippen LogP contribution in [-0.2, 0) is 6.42 Å². The molecule has 2 N–H and O–H groups in total. The smallest absolute Gasteiger partial charge is 0.352 e. The lowest BCUT2D eigenvalue weighted by Crippen LogP contribution is -1.94. The van der Waals surface area contributed by atoms with Crippen molar-refractivity contribution in [3.63, 3.8) is 0 Å². The fraction of sp³-hybridized carbons (Fsp3) is 0.250. The summed E-state index contributed by atoms with van der Waals surface area (Å²) in [6, 6.07) is 5.40. The molecule has 2 aromatic rings. The number of carboxylic acids is 1. The van der Waals surface area contributed by atoms with E-state index in [0.717, 1.165) is 28.6 Å². The van der Waals surface area contributed by atoms with Gasteiger partial charge in [-0.3, -0.25) is 0 Å². The summed E-state index contributed by atoms with van der Waals surface area (Å²) in [5.74, 6) is -0.208. The zero-order valence-electron chi connectivity index (χ0n) is 9.20. The Hall–Kier alpha value is -1.97. The number of fused-ring (bicyclic) bond motifs is 1. The highest BCUT2D eigenvalue weighted by atomic mass is 16.5. The van der Waals surface area contributed by atoms with Gasteiger partial charge in [0.1, 0.15) is 11.4 Å². The number of carboxylic acid groups (broad SMARTS) is 1. The first kappa shape index (κ1) is 10.5. The standard InChI is InChI=1S/C12H13NO3/c1-3-7-4-8(16-2)5-10-9(7)6-11(13-10)12(14)15/h4-6,13H,3H2,1-2H3,(H,14,15). The third-order valence-corrected chi connectivity index (χ3v) is 2.64. The number of aryl methyl sites for hydroxylation is 1. The van der Waals surface area contributed by atoms with Crippen LogP contribution in [0.25, 0.3) is 10.9 Å². The van der Waals surface area contributed by atoms with Gasteiger partial charge >= 0.3 is 5.97 Å². The first-order valence-corrected chi connectivity index (χ1v) is 5.08. The van der Waals surface area contributed by atoms with Gasteiger partial charge in [0.2, 0.25) is 0 Å². The number of ether oxygens (including phenoxy) is 1. The summed E-state index contributed by atoms with van der Waals surface area (Å²) < 4.78 is 5.17. The molecule has 0 aliphatic carbocycles. The Kier molecular flexibility index (Phi) is 2.56. The highest BCUT2D eigenvalue weighted by Crippen LogP contribution is 2.26. The van der Waals surface area contributed by atoms with E-state index in [0.29, 0.717) is 0 Å². The van der Waals surface area contributed by atoms with E-state index in [4.69, 9.17) is 9.84 Å². The quantitative estimate of drug-likeness (QED) is 0.833. The fourth-order valence-electron chi connectivity index (χ4n) is 1.81. The van der Waals surface area contributed by atoms with Crippen LogP contribution < -0.4 is 4.74 Å². The zero-order chi connectivity index (χ0) is 11.7. The average molecular weight is 219 g/mol. The predicted octanol–water partition coefficient (Wildman–Crippen LogP) is 2.44. The molecule has 1 aromatic carbocycles. The minimum Gasteiger partial charge on any atom is -0.497 e. The van der Waals surface area contributed by atoms with Crippen molar-refractivity contribution in [3.8, 4) is 5.75 Å². The predicted molar refractivity (Wildman–Crippen MR) is 61.2 cm³/mol. The Morgan fingerprint density at radius 2 is 2.19 bits per heavy atom. The van der Waals surface area contributed by atoms with Gasteiger partial charge in [0, 0.05) is 11.5 Å². The average Bonchev–Trinajstić information content (AvgIpc) is 2.71. The molecule has 84 valence electrons. The summed E-state index contributed by atoms with van der Waals surface area (Å²) >= 11 is 0. The molecule has 0 fully saturated rings. The zero-order valence-corrected chi connectivity index (χ0v) is 9.20. The van der Waals surface area contributed by atoms with Crippen LogP contribution >= 0.6 is 0 Å². The normalized spacial score (nSPS) is 10.6. The number of hydrogen-bond donors (Lipinski definition) is 2. The van der Waals surface area contributed by atoms with E-state index in [2.05, 4.69) is 4.98 Å². The minimum atomic E-state index is -0.947. The molecule has 0 aliphatic rings. The number of H-pyrrole nitrogens is 1. The van der Waals surface area contributed by atoms with Crippen LogP contribution in [0.4, 0.5) is 0 Å². The van der Waals surface area contributed by atoms with Gasteiger partial charge in [-0.15, -0.1) is 0 Å². The van der Waals surface area contributed by atoms with E-state index in [-0.39, 0.29) is 5.69 Å². The maximum absolute atomic E-state index is 10.9. The van der Waals surface area contributed by atoms with Gasteiger partial charge < -0.3 is 14.8 Å². The molecule has 1 heterocycles. The van der Waals surface area contributed by atoms with E-state index in [9.17, 15) is 4.79 Å². The monoisotopic (exact) mass is 219 g/mol. The molecule has 0 saturated heterocycles. The molecule has 4 nitrogen and oxygen atoms in total. The van der Waals surface area contributed by atoms with Crippen LogP contribution in [0.2, 0.25) is 0 Å². The molecular formula is C12H13NO3. The second-order valence-electron chi connectivity index (χ2n) is 3.59. The molecular weight excluding hydrogens is 206 g/mol. The van der Waals surface area contributed by atoms with E-state index >= 15 is 0 Å². The number of benzene rings is 1. The van der Waals surface area contributed by atoms with Crippen molar-refractivity contribution in [1.82, 2.24) is 4.98 Å². The van der Waals surface area contributed by atoms with Crippen LogP contribution in [0.15, 0.2) is 18.2 Å². The first-order chi connectivity index (χ1) is 7.65. The number of carbonyl (C=O) groups is 1. The van der Waals surface area contributed by atoms with Crippen molar-refractivity contribution in [2.24, 2.45) is 0 Å². The van der Waals surface area contributed by atoms with Crippen LogP contribution in [0.3, 0.4) is 0 Å². The molecule has 0 amide bonds. The molecule has 0 saturated carbocycles. The van der Waals surface area contributed by atoms with Crippen LogP contribution in [0, 0.1) is 0 Å². The summed E-state index contributed by atoms with van der Waals surface area (Å²) in [5.41, 5.74) is 2.09. The summed E-state index contributed by atoms with van der Waals surface area (Å²) in [5, 5.41) is 9.86. The molecule has 1 aromatic heterocycles. The lowest BCUT2D eigenvalue weighted by molar-refractivity contribution is 0.0691. The van der Waals surface area contributed by atoms with Gasteiger partial charge in [0.05, 0.1) is 12.6 Å². The molecule has 0 aliphatic heterocycles. The van der Waals surface area contributed by atoms with Crippen LogP contribution in [0.5, 0.6) is 5.75 Å². The van der Waals surface area contributed by atoms with E-state index in [1.54, 1.807) is 19.2 Å². The van der Waals surface area contributed by atoms with E-state index < -0.39 is 5.97 Å². The molecule has 0 spiro atoms. The van der Waals surface area contributed by atoms with E-state index in [1.807, 2.05) is 13.0 Å². The number of aromatic carboxylic acids is 1. The molecule has 16 heavy (non-hydrogen) atoms. The number of rotatable bonds is 3. The van der Waals surface area contributed by atoms with Gasteiger partial charge in [-0.25, -0.2) is 4.79 Å². The molecule has 0 radical (unpaired) electrons. The van der Waals surface area contributed by atoms with Gasteiger partial charge in [0.25, 0.3) is 0 Å². The molecule has 2 rings (SSSR count). The van der Waals surface area contributed by atoms with Crippen molar-refractivity contribution in [2.45, 2.75) is 13.3 Å². The lowest BCUT2D eigenvalue weighted by atomic mass is 10.1. The third kappa shape index (κ3) is 1.62. The fourth-order valence-corrected chi connectivity index (χ4v) is 1.81. The molecule has 0 bridgehead atoms. The second-order valence-corrected chi connectivity index (χ2v) is 3.59. The van der Waals surface area contributed by atoms with Crippen molar-refractivity contribution in [2.75, 3.05) is 7.11 Å². The van der Waals surface area contributed by atoms with Crippen molar-refractivity contribution < 1.29 is 14.6 Å². The molecule has 0 unspecified atom stereocenters. The lowest BCUT2D eigenvalue weighted by Gasteiger charge is -2.04. The first-order valence-electron chi connectivity index (χ1n) is 5.08. The van der Waals surface area contributed by atoms with Gasteiger partial charge in [-0.05, 0) is 24.1 Å². The largest absolute Gasteiger partial charge is 0.497 e. The van der Waals surface area contributed by atoms with Crippen molar-refractivity contribution in [3.05, 3.63) is 29.5 Å². The Labute approximate surface area is 92.9 Å². The SMILES string of the molecule is CCc1cc(OC)cc2[nH]c(C(=O)O)cc12. The summed E-state index contributed by atoms with van der Waals surface area (Å²) in [4.78, 5) is 13.7.